The highest BCUT2D eigenvalue weighted by atomic mass is 79.9. The van der Waals surface area contributed by atoms with Gasteiger partial charge < -0.3 is 9.72 Å². The van der Waals surface area contributed by atoms with Gasteiger partial charge in [0.2, 0.25) is 0 Å². The smallest absolute Gasteiger partial charge is 0.122 e. The number of hydrogen-bond donors (Lipinski definition) is 1. The van der Waals surface area contributed by atoms with E-state index < -0.39 is 0 Å². The minimum Gasteiger partial charge on any atom is -0.497 e. The summed E-state index contributed by atoms with van der Waals surface area (Å²) in [7, 11) is 1.67. The molecule has 0 aliphatic heterocycles. The first kappa shape index (κ1) is 8.63. The van der Waals surface area contributed by atoms with Crippen molar-refractivity contribution in [3.63, 3.8) is 0 Å². The van der Waals surface area contributed by atoms with Crippen LogP contribution in [0.25, 0.3) is 10.9 Å². The summed E-state index contributed by atoms with van der Waals surface area (Å²) in [6.07, 6.45) is 1.99. The Bertz CT molecular complexity index is 447. The van der Waals surface area contributed by atoms with E-state index in [0.29, 0.717) is 0 Å². The number of aryl methyl sites for hydroxylation is 1. The number of halogens is 1. The molecule has 0 atom stereocenters. The largest absolute Gasteiger partial charge is 0.497 e. The summed E-state index contributed by atoms with van der Waals surface area (Å²) in [4.78, 5) is 3.19. The summed E-state index contributed by atoms with van der Waals surface area (Å²) in [5.74, 6) is 0.862. The zero-order valence-corrected chi connectivity index (χ0v) is 9.10. The molecule has 68 valence electrons. The van der Waals surface area contributed by atoms with Gasteiger partial charge in [0.1, 0.15) is 5.75 Å². The van der Waals surface area contributed by atoms with Gasteiger partial charge in [-0.2, -0.15) is 0 Å². The summed E-state index contributed by atoms with van der Waals surface area (Å²) in [5, 5.41) is 1.22. The van der Waals surface area contributed by atoms with E-state index in [1.54, 1.807) is 7.11 Å². The Hall–Kier alpha value is -0.960. The van der Waals surface area contributed by atoms with Crippen molar-refractivity contribution in [1.82, 2.24) is 4.98 Å². The number of H-pyrrole nitrogens is 1. The quantitative estimate of drug-likeness (QED) is 0.813. The van der Waals surface area contributed by atoms with Crippen molar-refractivity contribution in [2.24, 2.45) is 0 Å². The summed E-state index contributed by atoms with van der Waals surface area (Å²) in [6, 6.07) is 3.97. The van der Waals surface area contributed by atoms with E-state index in [0.717, 1.165) is 15.7 Å². The van der Waals surface area contributed by atoms with Crippen LogP contribution in [0.1, 0.15) is 5.56 Å². The summed E-state index contributed by atoms with van der Waals surface area (Å²) >= 11 is 3.52. The highest BCUT2D eigenvalue weighted by Gasteiger charge is 2.05. The van der Waals surface area contributed by atoms with Gasteiger partial charge in [-0.15, -0.1) is 0 Å². The number of rotatable bonds is 1. The fourth-order valence-electron chi connectivity index (χ4n) is 1.47. The Kier molecular flexibility index (Phi) is 2.04. The molecule has 2 aromatic rings. The number of hydrogen-bond acceptors (Lipinski definition) is 1. The van der Waals surface area contributed by atoms with E-state index in [9.17, 15) is 0 Å². The van der Waals surface area contributed by atoms with Crippen molar-refractivity contribution in [2.45, 2.75) is 6.92 Å². The molecule has 0 aliphatic rings. The maximum Gasteiger partial charge on any atom is 0.122 e. The second-order valence-corrected chi connectivity index (χ2v) is 3.86. The highest BCUT2D eigenvalue weighted by molar-refractivity contribution is 9.10. The monoisotopic (exact) mass is 239 g/mol. The first-order valence-electron chi connectivity index (χ1n) is 4.03. The van der Waals surface area contributed by atoms with Gasteiger partial charge in [-0.3, -0.25) is 0 Å². The van der Waals surface area contributed by atoms with Crippen LogP contribution in [0.2, 0.25) is 0 Å². The molecular formula is C10H10BrNO. The van der Waals surface area contributed by atoms with Gasteiger partial charge in [0.05, 0.1) is 12.6 Å². The van der Waals surface area contributed by atoms with Crippen molar-refractivity contribution in [2.75, 3.05) is 7.11 Å². The van der Waals surface area contributed by atoms with E-state index in [1.165, 1.54) is 10.9 Å². The molecule has 0 aliphatic carbocycles. The maximum atomic E-state index is 5.16. The third-order valence-electron chi connectivity index (χ3n) is 2.14. The molecular weight excluding hydrogens is 230 g/mol. The number of nitrogens with one attached hydrogen (secondary N) is 1. The van der Waals surface area contributed by atoms with E-state index >= 15 is 0 Å². The molecule has 0 amide bonds. The SMILES string of the molecule is COc1cc(Br)c2c(C)c[nH]c2c1. The number of methoxy groups -OCH3 is 1. The summed E-state index contributed by atoms with van der Waals surface area (Å²) in [5.41, 5.74) is 2.34. The molecule has 0 bridgehead atoms. The van der Waals surface area contributed by atoms with Crippen LogP contribution in [-0.2, 0) is 0 Å². The van der Waals surface area contributed by atoms with Gasteiger partial charge in [-0.25, -0.2) is 0 Å². The van der Waals surface area contributed by atoms with Crippen molar-refractivity contribution in [3.05, 3.63) is 28.4 Å². The second-order valence-electron chi connectivity index (χ2n) is 3.00. The van der Waals surface area contributed by atoms with Crippen LogP contribution in [-0.4, -0.2) is 12.1 Å². The topological polar surface area (TPSA) is 25.0 Å². The molecule has 0 spiro atoms. The van der Waals surface area contributed by atoms with Gasteiger partial charge in [0.25, 0.3) is 0 Å². The van der Waals surface area contributed by atoms with Crippen LogP contribution >= 0.6 is 15.9 Å². The van der Waals surface area contributed by atoms with E-state index in [2.05, 4.69) is 27.8 Å². The minimum absolute atomic E-state index is 0.862. The summed E-state index contributed by atoms with van der Waals surface area (Å²) < 4.78 is 6.23. The Morgan fingerprint density at radius 2 is 2.15 bits per heavy atom. The molecule has 0 saturated heterocycles. The van der Waals surface area contributed by atoms with Crippen molar-refractivity contribution < 1.29 is 4.74 Å². The lowest BCUT2D eigenvalue weighted by atomic mass is 10.2. The lowest BCUT2D eigenvalue weighted by molar-refractivity contribution is 0.415. The van der Waals surface area contributed by atoms with E-state index in [1.807, 2.05) is 18.3 Å². The molecule has 0 fully saturated rings. The number of ether oxygens (including phenoxy) is 1. The van der Waals surface area contributed by atoms with Gasteiger partial charge in [0.15, 0.2) is 0 Å². The van der Waals surface area contributed by atoms with Crippen LogP contribution in [0.4, 0.5) is 0 Å². The van der Waals surface area contributed by atoms with Gasteiger partial charge >= 0.3 is 0 Å². The third-order valence-corrected chi connectivity index (χ3v) is 2.76. The number of benzene rings is 1. The Morgan fingerprint density at radius 1 is 1.38 bits per heavy atom. The maximum absolute atomic E-state index is 5.16. The van der Waals surface area contributed by atoms with Crippen molar-refractivity contribution in [1.29, 1.82) is 0 Å². The van der Waals surface area contributed by atoms with Crippen molar-refractivity contribution >= 4 is 26.8 Å². The predicted molar refractivity (Wildman–Crippen MR) is 57.3 cm³/mol. The third kappa shape index (κ3) is 1.33. The van der Waals surface area contributed by atoms with Crippen molar-refractivity contribution in [3.8, 4) is 5.75 Å². The lowest BCUT2D eigenvalue weighted by Crippen LogP contribution is -1.82. The molecule has 2 rings (SSSR count). The first-order valence-corrected chi connectivity index (χ1v) is 4.83. The molecule has 3 heteroatoms. The number of fused-ring (bicyclic) bond motifs is 1. The molecule has 0 saturated carbocycles. The molecule has 1 aromatic carbocycles. The Balaban J connectivity index is 2.79. The highest BCUT2D eigenvalue weighted by Crippen LogP contribution is 2.30. The summed E-state index contributed by atoms with van der Waals surface area (Å²) in [6.45, 7) is 2.08. The fourth-order valence-corrected chi connectivity index (χ4v) is 2.22. The molecule has 13 heavy (non-hydrogen) atoms. The zero-order chi connectivity index (χ0) is 9.42. The van der Waals surface area contributed by atoms with E-state index in [4.69, 9.17) is 4.74 Å². The first-order chi connectivity index (χ1) is 6.22. The lowest BCUT2D eigenvalue weighted by Gasteiger charge is -2.02. The van der Waals surface area contributed by atoms with Crippen LogP contribution in [0.15, 0.2) is 22.8 Å². The van der Waals surface area contributed by atoms with Crippen LogP contribution in [0.5, 0.6) is 5.75 Å². The molecule has 0 unspecified atom stereocenters. The molecule has 0 radical (unpaired) electrons. The molecule has 2 nitrogen and oxygen atoms in total. The molecule has 1 aromatic heterocycles. The van der Waals surface area contributed by atoms with Gasteiger partial charge in [-0.05, 0) is 34.5 Å². The average molecular weight is 240 g/mol. The van der Waals surface area contributed by atoms with Crippen LogP contribution in [0, 0.1) is 6.92 Å². The normalized spacial score (nSPS) is 10.7. The predicted octanol–water partition coefficient (Wildman–Crippen LogP) is 3.25. The minimum atomic E-state index is 0.862. The number of aromatic amines is 1. The fraction of sp³-hybridized carbons (Fsp3) is 0.200. The number of aromatic nitrogens is 1. The van der Waals surface area contributed by atoms with Crippen LogP contribution < -0.4 is 4.74 Å². The molecule has 1 N–H and O–H groups in total. The van der Waals surface area contributed by atoms with E-state index in [-0.39, 0.29) is 0 Å². The zero-order valence-electron chi connectivity index (χ0n) is 7.52. The van der Waals surface area contributed by atoms with Crippen LogP contribution in [0.3, 0.4) is 0 Å². The molecule has 1 heterocycles. The van der Waals surface area contributed by atoms with Gasteiger partial charge in [-0.1, -0.05) is 0 Å². The Labute approximate surface area is 85.0 Å². The Morgan fingerprint density at radius 3 is 2.85 bits per heavy atom. The second kappa shape index (κ2) is 3.07. The average Bonchev–Trinajstić information content (AvgIpc) is 2.48. The standard InChI is InChI=1S/C10H10BrNO/c1-6-5-12-9-4-7(13-2)3-8(11)10(6)9/h3-5,12H,1-2H3. The van der Waals surface area contributed by atoms with Gasteiger partial charge in [0, 0.05) is 22.1 Å².